The van der Waals surface area contributed by atoms with Gasteiger partial charge in [-0.3, -0.25) is 4.79 Å². The zero-order chi connectivity index (χ0) is 17.6. The van der Waals surface area contributed by atoms with E-state index in [-0.39, 0.29) is 11.3 Å². The van der Waals surface area contributed by atoms with Crippen molar-refractivity contribution in [2.75, 3.05) is 26.2 Å². The van der Waals surface area contributed by atoms with Gasteiger partial charge in [0.1, 0.15) is 0 Å². The molecule has 1 spiro atoms. The Kier molecular flexibility index (Phi) is 4.13. The normalized spacial score (nSPS) is 32.3. The van der Waals surface area contributed by atoms with Crippen LogP contribution < -0.4 is 5.32 Å². The lowest BCUT2D eigenvalue weighted by Gasteiger charge is -2.43. The highest BCUT2D eigenvalue weighted by molar-refractivity contribution is 5.79. The molecule has 2 aliphatic carbocycles. The number of likely N-dealkylation sites (tertiary alicyclic amines) is 1. The van der Waals surface area contributed by atoms with E-state index < -0.39 is 0 Å². The van der Waals surface area contributed by atoms with Crippen LogP contribution in [0, 0.1) is 5.92 Å². The predicted molar refractivity (Wildman–Crippen MR) is 102 cm³/mol. The molecule has 2 heterocycles. The SMILES string of the molecule is O=C([C@H]1CC[C@H]2OCCN[C@@H]2C1)N1CCC2(C=Cc3ccccc32)CC1. The second-order valence-corrected chi connectivity index (χ2v) is 8.38. The average molecular weight is 352 g/mol. The third kappa shape index (κ3) is 2.71. The van der Waals surface area contributed by atoms with E-state index in [2.05, 4.69) is 46.6 Å². The van der Waals surface area contributed by atoms with E-state index in [0.717, 1.165) is 58.3 Å². The van der Waals surface area contributed by atoms with Crippen LogP contribution in [0.2, 0.25) is 0 Å². The first-order chi connectivity index (χ1) is 12.8. The zero-order valence-electron chi connectivity index (χ0n) is 15.3. The van der Waals surface area contributed by atoms with E-state index in [1.807, 2.05) is 0 Å². The Balaban J connectivity index is 1.23. The first-order valence-corrected chi connectivity index (χ1v) is 10.2. The Labute approximate surface area is 155 Å². The highest BCUT2D eigenvalue weighted by atomic mass is 16.5. The summed E-state index contributed by atoms with van der Waals surface area (Å²) in [5.41, 5.74) is 2.97. The Hall–Kier alpha value is -1.65. The van der Waals surface area contributed by atoms with Gasteiger partial charge in [-0.2, -0.15) is 0 Å². The summed E-state index contributed by atoms with van der Waals surface area (Å²) in [6, 6.07) is 9.09. The van der Waals surface area contributed by atoms with E-state index >= 15 is 0 Å². The van der Waals surface area contributed by atoms with Crippen LogP contribution in [-0.2, 0) is 14.9 Å². The molecular formula is C22H28N2O2. The zero-order valence-corrected chi connectivity index (χ0v) is 15.3. The number of hydrogen-bond donors (Lipinski definition) is 1. The highest BCUT2D eigenvalue weighted by Crippen LogP contribution is 2.44. The second-order valence-electron chi connectivity index (χ2n) is 8.38. The Bertz CT molecular complexity index is 721. The molecule has 3 fully saturated rings. The molecule has 1 saturated carbocycles. The maximum absolute atomic E-state index is 13.1. The molecule has 1 aromatic carbocycles. The standard InChI is InChI=1S/C22H28N2O2/c25-21(17-5-6-20-19(15-17)23-11-14-26-20)24-12-9-22(10-13-24)8-7-16-3-1-2-4-18(16)22/h1-4,7-8,17,19-20,23H,5-6,9-15H2/t17-,19+,20+/m0/s1. The molecule has 2 saturated heterocycles. The molecule has 3 atom stereocenters. The summed E-state index contributed by atoms with van der Waals surface area (Å²) in [7, 11) is 0. The molecule has 26 heavy (non-hydrogen) atoms. The number of allylic oxidation sites excluding steroid dienone is 1. The van der Waals surface area contributed by atoms with Crippen molar-refractivity contribution in [2.45, 2.75) is 49.7 Å². The molecule has 138 valence electrons. The van der Waals surface area contributed by atoms with Crippen LogP contribution in [0.25, 0.3) is 6.08 Å². The maximum Gasteiger partial charge on any atom is 0.225 e. The summed E-state index contributed by atoms with van der Waals surface area (Å²) < 4.78 is 5.86. The van der Waals surface area contributed by atoms with E-state index in [4.69, 9.17) is 4.74 Å². The molecule has 0 aromatic heterocycles. The number of ether oxygens (including phenoxy) is 1. The largest absolute Gasteiger partial charge is 0.375 e. The van der Waals surface area contributed by atoms with E-state index in [0.29, 0.717) is 18.1 Å². The minimum Gasteiger partial charge on any atom is -0.375 e. The molecule has 1 amide bonds. The third-order valence-corrected chi connectivity index (χ3v) is 7.02. The van der Waals surface area contributed by atoms with Crippen LogP contribution in [0.3, 0.4) is 0 Å². The number of carbonyl (C=O) groups is 1. The number of benzene rings is 1. The van der Waals surface area contributed by atoms with Crippen LogP contribution in [0.5, 0.6) is 0 Å². The molecule has 5 rings (SSSR count). The van der Waals surface area contributed by atoms with Gasteiger partial charge >= 0.3 is 0 Å². The number of morpholine rings is 1. The molecule has 0 radical (unpaired) electrons. The fraction of sp³-hybridized carbons (Fsp3) is 0.591. The van der Waals surface area contributed by atoms with Gasteiger partial charge in [-0.25, -0.2) is 0 Å². The van der Waals surface area contributed by atoms with Crippen LogP contribution in [0.15, 0.2) is 30.3 Å². The summed E-state index contributed by atoms with van der Waals surface area (Å²) in [6.07, 6.45) is 10.00. The molecular weight excluding hydrogens is 324 g/mol. The summed E-state index contributed by atoms with van der Waals surface area (Å²) in [6.45, 7) is 3.49. The predicted octanol–water partition coefficient (Wildman–Crippen LogP) is 2.73. The van der Waals surface area contributed by atoms with E-state index in [1.54, 1.807) is 0 Å². The van der Waals surface area contributed by atoms with Crippen molar-refractivity contribution in [3.05, 3.63) is 41.5 Å². The van der Waals surface area contributed by atoms with Gasteiger partial charge < -0.3 is 15.0 Å². The number of rotatable bonds is 1. The van der Waals surface area contributed by atoms with Crippen LogP contribution in [0.1, 0.15) is 43.2 Å². The van der Waals surface area contributed by atoms with Gasteiger partial charge in [0.2, 0.25) is 5.91 Å². The smallest absolute Gasteiger partial charge is 0.225 e. The van der Waals surface area contributed by atoms with Crippen molar-refractivity contribution in [2.24, 2.45) is 5.92 Å². The van der Waals surface area contributed by atoms with E-state index in [1.165, 1.54) is 11.1 Å². The van der Waals surface area contributed by atoms with Crippen molar-refractivity contribution >= 4 is 12.0 Å². The lowest BCUT2D eigenvalue weighted by molar-refractivity contribution is -0.140. The number of hydrogen-bond acceptors (Lipinski definition) is 3. The maximum atomic E-state index is 13.1. The topological polar surface area (TPSA) is 41.6 Å². The van der Waals surface area contributed by atoms with Crippen molar-refractivity contribution in [3.8, 4) is 0 Å². The minimum absolute atomic E-state index is 0.157. The number of carbonyl (C=O) groups excluding carboxylic acids is 1. The first kappa shape index (κ1) is 16.5. The van der Waals surface area contributed by atoms with Gasteiger partial charge in [0.15, 0.2) is 0 Å². The van der Waals surface area contributed by atoms with Crippen molar-refractivity contribution in [3.63, 3.8) is 0 Å². The van der Waals surface area contributed by atoms with Gasteiger partial charge in [0, 0.05) is 37.0 Å². The second kappa shape index (κ2) is 6.50. The molecule has 2 aliphatic heterocycles. The summed E-state index contributed by atoms with van der Waals surface area (Å²) >= 11 is 0. The molecule has 1 aromatic rings. The average Bonchev–Trinajstić information content (AvgIpc) is 3.06. The highest BCUT2D eigenvalue weighted by Gasteiger charge is 2.42. The molecule has 1 N–H and O–H groups in total. The number of nitrogens with one attached hydrogen (secondary N) is 1. The number of piperidine rings is 1. The Morgan fingerprint density at radius 3 is 2.92 bits per heavy atom. The molecule has 4 aliphatic rings. The lowest BCUT2D eigenvalue weighted by atomic mass is 9.74. The summed E-state index contributed by atoms with van der Waals surface area (Å²) in [5, 5.41) is 3.55. The molecule has 4 nitrogen and oxygen atoms in total. The summed E-state index contributed by atoms with van der Waals surface area (Å²) in [5.74, 6) is 0.548. The summed E-state index contributed by atoms with van der Waals surface area (Å²) in [4.78, 5) is 15.2. The number of amides is 1. The van der Waals surface area contributed by atoms with E-state index in [9.17, 15) is 4.79 Å². The minimum atomic E-state index is 0.157. The van der Waals surface area contributed by atoms with Gasteiger partial charge in [-0.15, -0.1) is 0 Å². The monoisotopic (exact) mass is 352 g/mol. The van der Waals surface area contributed by atoms with Gasteiger partial charge in [0.05, 0.1) is 12.7 Å². The van der Waals surface area contributed by atoms with Gasteiger partial charge in [0.25, 0.3) is 0 Å². The lowest BCUT2D eigenvalue weighted by Crippen LogP contribution is -2.54. The Morgan fingerprint density at radius 1 is 1.19 bits per heavy atom. The third-order valence-electron chi connectivity index (χ3n) is 7.02. The van der Waals surface area contributed by atoms with Crippen LogP contribution in [-0.4, -0.2) is 49.2 Å². The van der Waals surface area contributed by atoms with Gasteiger partial charge in [-0.05, 0) is 43.2 Å². The van der Waals surface area contributed by atoms with Crippen molar-refractivity contribution in [1.29, 1.82) is 0 Å². The molecule has 0 unspecified atom stereocenters. The van der Waals surface area contributed by atoms with Crippen LogP contribution >= 0.6 is 0 Å². The van der Waals surface area contributed by atoms with Crippen molar-refractivity contribution in [1.82, 2.24) is 10.2 Å². The van der Waals surface area contributed by atoms with Gasteiger partial charge in [-0.1, -0.05) is 36.4 Å². The fourth-order valence-corrected chi connectivity index (χ4v) is 5.49. The number of fused-ring (bicyclic) bond motifs is 3. The van der Waals surface area contributed by atoms with Crippen LogP contribution in [0.4, 0.5) is 0 Å². The Morgan fingerprint density at radius 2 is 2.04 bits per heavy atom. The number of nitrogens with zero attached hydrogens (tertiary/aromatic N) is 1. The fourth-order valence-electron chi connectivity index (χ4n) is 5.49. The van der Waals surface area contributed by atoms with Crippen molar-refractivity contribution < 1.29 is 9.53 Å². The quantitative estimate of drug-likeness (QED) is 0.845. The molecule has 4 heteroatoms. The molecule has 0 bridgehead atoms. The first-order valence-electron chi connectivity index (χ1n) is 10.2.